The first-order valence-electron chi connectivity index (χ1n) is 9.82. The average molecular weight is 384 g/mol. The summed E-state index contributed by atoms with van der Waals surface area (Å²) in [6.45, 7) is 9.58. The van der Waals surface area contributed by atoms with Gasteiger partial charge in [0.2, 0.25) is 5.60 Å². The Morgan fingerprint density at radius 1 is 1.00 bits per heavy atom. The molecular weight excluding hydrogens is 354 g/mol. The topological polar surface area (TPSA) is 55.8 Å². The van der Waals surface area contributed by atoms with Gasteiger partial charge >= 0.3 is 5.97 Å². The van der Waals surface area contributed by atoms with Gasteiger partial charge in [0.15, 0.2) is 0 Å². The van der Waals surface area contributed by atoms with Crippen LogP contribution in [0, 0.1) is 0 Å². The molecule has 5 heteroatoms. The van der Waals surface area contributed by atoms with Crippen LogP contribution in [0.15, 0.2) is 48.5 Å². The fourth-order valence-corrected chi connectivity index (χ4v) is 3.74. The van der Waals surface area contributed by atoms with E-state index < -0.39 is 11.6 Å². The molecule has 1 heterocycles. The Labute approximate surface area is 167 Å². The summed E-state index contributed by atoms with van der Waals surface area (Å²) in [5.74, 6) is 0.256. The number of nitrogens with zero attached hydrogens (tertiary/aromatic N) is 1. The van der Waals surface area contributed by atoms with Crippen LogP contribution in [-0.4, -0.2) is 47.8 Å². The number of quaternary nitrogens is 1. The molecule has 0 amide bonds. The molecule has 2 aromatic rings. The summed E-state index contributed by atoms with van der Waals surface area (Å²) < 4.78 is 12.3. The van der Waals surface area contributed by atoms with Crippen molar-refractivity contribution in [2.24, 2.45) is 0 Å². The lowest BCUT2D eigenvalue weighted by Gasteiger charge is -2.42. The van der Waals surface area contributed by atoms with Gasteiger partial charge in [-0.1, -0.05) is 36.4 Å². The van der Waals surface area contributed by atoms with E-state index in [2.05, 4.69) is 34.7 Å². The molecule has 1 N–H and O–H groups in total. The summed E-state index contributed by atoms with van der Waals surface area (Å²) in [4.78, 5) is 13.1. The highest BCUT2D eigenvalue weighted by molar-refractivity contribution is 5.88. The van der Waals surface area contributed by atoms with E-state index in [0.29, 0.717) is 41.3 Å². The molecule has 5 nitrogen and oxygen atoms in total. The quantitative estimate of drug-likeness (QED) is 0.607. The van der Waals surface area contributed by atoms with Gasteiger partial charge in [0.25, 0.3) is 0 Å². The van der Waals surface area contributed by atoms with Gasteiger partial charge in [-0.15, -0.1) is 0 Å². The van der Waals surface area contributed by atoms with Crippen molar-refractivity contribution < 1.29 is 23.9 Å². The number of benzene rings is 2. The molecule has 0 unspecified atom stereocenters. The fourth-order valence-electron chi connectivity index (χ4n) is 3.74. The van der Waals surface area contributed by atoms with Gasteiger partial charge in [-0.3, -0.25) is 0 Å². The third-order valence-electron chi connectivity index (χ3n) is 6.23. The van der Waals surface area contributed by atoms with E-state index >= 15 is 0 Å². The van der Waals surface area contributed by atoms with Crippen LogP contribution >= 0.6 is 0 Å². The Hall–Kier alpha value is -2.37. The third kappa shape index (κ3) is 3.29. The minimum atomic E-state index is -1.88. The number of ether oxygens (including phenoxy) is 2. The van der Waals surface area contributed by atoms with E-state index in [0.717, 1.165) is 4.48 Å². The van der Waals surface area contributed by atoms with E-state index in [-0.39, 0.29) is 6.61 Å². The summed E-state index contributed by atoms with van der Waals surface area (Å²) in [5, 5.41) is 11.5. The van der Waals surface area contributed by atoms with Crippen molar-refractivity contribution in [3.63, 3.8) is 0 Å². The van der Waals surface area contributed by atoms with Crippen LogP contribution < -0.4 is 4.74 Å². The minimum absolute atomic E-state index is 0.235. The first-order chi connectivity index (χ1) is 13.2. The standard InChI is InChI=1S/C23H30NO4/c1-16(2)24(5,17(3)4)14-15-27-22(25)23(26)18-10-6-8-12-20(18)28-21-13-9-7-11-19(21)23/h6-13,16-17,26H,14-15H2,1-5H3/q+1. The van der Waals surface area contributed by atoms with Gasteiger partial charge in [-0.2, -0.15) is 0 Å². The number of para-hydroxylation sites is 2. The van der Waals surface area contributed by atoms with E-state index in [1.165, 1.54) is 0 Å². The van der Waals surface area contributed by atoms with Crippen LogP contribution in [-0.2, 0) is 15.1 Å². The number of fused-ring (bicyclic) bond motifs is 2. The SMILES string of the molecule is CC(C)[N+](C)(CCOC(=O)C1(O)c2ccccc2Oc2ccccc21)C(C)C. The molecular formula is C23H30NO4+. The molecule has 0 spiro atoms. The molecule has 0 saturated carbocycles. The van der Waals surface area contributed by atoms with Crippen LogP contribution in [0.4, 0.5) is 0 Å². The van der Waals surface area contributed by atoms with Gasteiger partial charge in [-0.25, -0.2) is 4.79 Å². The second kappa shape index (κ2) is 7.57. The Bertz CT molecular complexity index is 806. The van der Waals surface area contributed by atoms with Crippen LogP contribution in [0.2, 0.25) is 0 Å². The number of esters is 1. The molecule has 2 aromatic carbocycles. The molecule has 0 atom stereocenters. The number of hydrogen-bond donors (Lipinski definition) is 1. The monoisotopic (exact) mass is 384 g/mol. The summed E-state index contributed by atoms with van der Waals surface area (Å²) in [7, 11) is 2.16. The number of hydrogen-bond acceptors (Lipinski definition) is 4. The van der Waals surface area contributed by atoms with Gasteiger partial charge in [-0.05, 0) is 39.8 Å². The van der Waals surface area contributed by atoms with Crippen molar-refractivity contribution in [3.8, 4) is 11.5 Å². The first-order valence-corrected chi connectivity index (χ1v) is 9.82. The second-order valence-corrected chi connectivity index (χ2v) is 8.20. The van der Waals surface area contributed by atoms with Crippen LogP contribution in [0.1, 0.15) is 38.8 Å². The molecule has 0 radical (unpaired) electrons. The van der Waals surface area contributed by atoms with E-state index in [1.807, 2.05) is 12.1 Å². The number of likely N-dealkylation sites (N-methyl/N-ethyl adjacent to an activating group) is 1. The molecule has 28 heavy (non-hydrogen) atoms. The van der Waals surface area contributed by atoms with Gasteiger partial charge in [0.05, 0.1) is 19.1 Å². The highest BCUT2D eigenvalue weighted by Crippen LogP contribution is 2.47. The Morgan fingerprint density at radius 3 is 1.93 bits per heavy atom. The maximum atomic E-state index is 13.1. The summed E-state index contributed by atoms with van der Waals surface area (Å²) in [6.07, 6.45) is 0. The summed E-state index contributed by atoms with van der Waals surface area (Å²) in [6, 6.07) is 14.9. The Kier molecular flexibility index (Phi) is 5.50. The summed E-state index contributed by atoms with van der Waals surface area (Å²) >= 11 is 0. The van der Waals surface area contributed by atoms with E-state index in [9.17, 15) is 9.90 Å². The predicted octanol–water partition coefficient (Wildman–Crippen LogP) is 3.83. The summed E-state index contributed by atoms with van der Waals surface area (Å²) in [5.41, 5.74) is -1.07. The lowest BCUT2D eigenvalue weighted by molar-refractivity contribution is -0.949. The maximum absolute atomic E-state index is 13.1. The lowest BCUT2D eigenvalue weighted by Crippen LogP contribution is -2.56. The van der Waals surface area contributed by atoms with Crippen LogP contribution in [0.3, 0.4) is 0 Å². The molecule has 3 rings (SSSR count). The van der Waals surface area contributed by atoms with Crippen molar-refractivity contribution in [2.75, 3.05) is 20.2 Å². The smallest absolute Gasteiger partial charge is 0.348 e. The molecule has 0 aliphatic carbocycles. The zero-order chi connectivity index (χ0) is 20.5. The van der Waals surface area contributed by atoms with Crippen molar-refractivity contribution in [2.45, 2.75) is 45.4 Å². The normalized spacial score (nSPS) is 15.0. The number of carbonyl (C=O) groups excluding carboxylic acids is 1. The number of carbonyl (C=O) groups is 1. The predicted molar refractivity (Wildman–Crippen MR) is 108 cm³/mol. The number of aliphatic hydroxyl groups is 1. The molecule has 0 aromatic heterocycles. The highest BCUT2D eigenvalue weighted by atomic mass is 16.6. The lowest BCUT2D eigenvalue weighted by atomic mass is 9.83. The fraction of sp³-hybridized carbons (Fsp3) is 0.435. The molecule has 150 valence electrons. The zero-order valence-corrected chi connectivity index (χ0v) is 17.3. The van der Waals surface area contributed by atoms with Crippen LogP contribution in [0.5, 0.6) is 11.5 Å². The molecule has 1 aliphatic rings. The van der Waals surface area contributed by atoms with Crippen molar-refractivity contribution in [3.05, 3.63) is 59.7 Å². The van der Waals surface area contributed by atoms with E-state index in [4.69, 9.17) is 9.47 Å². The largest absolute Gasteiger partial charge is 0.457 e. The van der Waals surface area contributed by atoms with E-state index in [1.54, 1.807) is 36.4 Å². The van der Waals surface area contributed by atoms with Crippen molar-refractivity contribution >= 4 is 5.97 Å². The maximum Gasteiger partial charge on any atom is 0.348 e. The van der Waals surface area contributed by atoms with Crippen molar-refractivity contribution in [1.29, 1.82) is 0 Å². The molecule has 0 fully saturated rings. The number of rotatable bonds is 6. The van der Waals surface area contributed by atoms with Crippen molar-refractivity contribution in [1.82, 2.24) is 0 Å². The van der Waals surface area contributed by atoms with Gasteiger partial charge in [0, 0.05) is 11.1 Å². The highest BCUT2D eigenvalue weighted by Gasteiger charge is 2.48. The third-order valence-corrected chi connectivity index (χ3v) is 6.23. The molecule has 0 bridgehead atoms. The second-order valence-electron chi connectivity index (χ2n) is 8.20. The van der Waals surface area contributed by atoms with Gasteiger partial charge in [0.1, 0.15) is 24.7 Å². The van der Waals surface area contributed by atoms with Crippen LogP contribution in [0.25, 0.3) is 0 Å². The first kappa shape index (κ1) is 20.4. The Morgan fingerprint density at radius 2 is 1.46 bits per heavy atom. The Balaban J connectivity index is 1.87. The molecule has 0 saturated heterocycles. The average Bonchev–Trinajstić information content (AvgIpc) is 2.67. The molecule has 1 aliphatic heterocycles. The zero-order valence-electron chi connectivity index (χ0n) is 17.3. The minimum Gasteiger partial charge on any atom is -0.457 e. The van der Waals surface area contributed by atoms with Gasteiger partial charge < -0.3 is 19.1 Å².